The molecule has 0 spiro atoms. The van der Waals surface area contributed by atoms with E-state index in [4.69, 9.17) is 0 Å². The van der Waals surface area contributed by atoms with Crippen LogP contribution in [0.2, 0.25) is 0 Å². The molecule has 0 aliphatic heterocycles. The minimum absolute atomic E-state index is 0.0455. The molecule has 0 heterocycles. The molecule has 1 aromatic carbocycles. The molecule has 0 bridgehead atoms. The molecule has 0 radical (unpaired) electrons. The highest BCUT2D eigenvalue weighted by Crippen LogP contribution is 2.24. The second-order valence-corrected chi connectivity index (χ2v) is 5.52. The van der Waals surface area contributed by atoms with Crippen LogP contribution in [0.3, 0.4) is 0 Å². The molecule has 1 rings (SSSR count). The zero-order valence-corrected chi connectivity index (χ0v) is 10.5. The molecule has 0 aromatic heterocycles. The summed E-state index contributed by atoms with van der Waals surface area (Å²) in [5, 5.41) is 10.1. The average molecular weight is 206 g/mol. The highest BCUT2D eigenvalue weighted by atomic mass is 16.3. The summed E-state index contributed by atoms with van der Waals surface area (Å²) in [6.07, 6.45) is 0.467. The molecular formula is C14H22O. The van der Waals surface area contributed by atoms with Gasteiger partial charge in [0.1, 0.15) is 0 Å². The lowest BCUT2D eigenvalue weighted by atomic mass is 9.84. The first-order chi connectivity index (χ1) is 6.80. The third-order valence-electron chi connectivity index (χ3n) is 2.92. The standard InChI is InChI=1S/C14H22O/c1-10-6-7-11(2)12(8-10)9-13(15)14(3,4)5/h6-8,13,15H,9H2,1-5H3. The molecule has 1 unspecified atom stereocenters. The molecule has 15 heavy (non-hydrogen) atoms. The van der Waals surface area contributed by atoms with Crippen molar-refractivity contribution in [1.82, 2.24) is 0 Å². The molecule has 1 nitrogen and oxygen atoms in total. The molecule has 0 saturated carbocycles. The molecule has 0 amide bonds. The van der Waals surface area contributed by atoms with Crippen LogP contribution in [0.5, 0.6) is 0 Å². The van der Waals surface area contributed by atoms with Crippen LogP contribution in [0.4, 0.5) is 0 Å². The molecule has 84 valence electrons. The summed E-state index contributed by atoms with van der Waals surface area (Å²) in [7, 11) is 0. The summed E-state index contributed by atoms with van der Waals surface area (Å²) in [6, 6.07) is 6.41. The number of hydrogen-bond acceptors (Lipinski definition) is 1. The molecule has 1 N–H and O–H groups in total. The van der Waals surface area contributed by atoms with Gasteiger partial charge >= 0.3 is 0 Å². The lowest BCUT2D eigenvalue weighted by Gasteiger charge is -2.26. The lowest BCUT2D eigenvalue weighted by Crippen LogP contribution is -2.28. The quantitative estimate of drug-likeness (QED) is 0.787. The Labute approximate surface area is 93.1 Å². The minimum atomic E-state index is -0.280. The van der Waals surface area contributed by atoms with Crippen molar-refractivity contribution in [3.05, 3.63) is 34.9 Å². The van der Waals surface area contributed by atoms with Crippen LogP contribution in [0, 0.1) is 19.3 Å². The smallest absolute Gasteiger partial charge is 0.0628 e. The van der Waals surface area contributed by atoms with Crippen molar-refractivity contribution in [1.29, 1.82) is 0 Å². The van der Waals surface area contributed by atoms with E-state index in [1.54, 1.807) is 0 Å². The molecule has 0 fully saturated rings. The van der Waals surface area contributed by atoms with E-state index in [0.29, 0.717) is 0 Å². The van der Waals surface area contributed by atoms with Crippen LogP contribution in [-0.2, 0) is 6.42 Å². The van der Waals surface area contributed by atoms with Crippen LogP contribution in [0.15, 0.2) is 18.2 Å². The molecule has 0 aliphatic carbocycles. The van der Waals surface area contributed by atoms with Crippen LogP contribution in [0.25, 0.3) is 0 Å². The van der Waals surface area contributed by atoms with E-state index in [9.17, 15) is 5.11 Å². The van der Waals surface area contributed by atoms with Gasteiger partial charge < -0.3 is 5.11 Å². The van der Waals surface area contributed by atoms with Gasteiger partial charge in [0.15, 0.2) is 0 Å². The van der Waals surface area contributed by atoms with Crippen LogP contribution in [0.1, 0.15) is 37.5 Å². The highest BCUT2D eigenvalue weighted by molar-refractivity contribution is 5.31. The van der Waals surface area contributed by atoms with Gasteiger partial charge in [0, 0.05) is 0 Å². The van der Waals surface area contributed by atoms with E-state index < -0.39 is 0 Å². The molecular weight excluding hydrogens is 184 g/mol. The second kappa shape index (κ2) is 4.36. The molecule has 1 aromatic rings. The van der Waals surface area contributed by atoms with E-state index in [1.807, 2.05) is 0 Å². The Morgan fingerprint density at radius 3 is 2.33 bits per heavy atom. The maximum Gasteiger partial charge on any atom is 0.0628 e. The van der Waals surface area contributed by atoms with Gasteiger partial charge in [-0.05, 0) is 36.8 Å². The summed E-state index contributed by atoms with van der Waals surface area (Å²) < 4.78 is 0. The van der Waals surface area contributed by atoms with E-state index in [-0.39, 0.29) is 11.5 Å². The molecule has 0 saturated heterocycles. The Balaban J connectivity index is 2.85. The van der Waals surface area contributed by atoms with Gasteiger partial charge in [-0.25, -0.2) is 0 Å². The first-order valence-corrected chi connectivity index (χ1v) is 5.55. The third-order valence-corrected chi connectivity index (χ3v) is 2.92. The van der Waals surface area contributed by atoms with Crippen LogP contribution < -0.4 is 0 Å². The second-order valence-electron chi connectivity index (χ2n) is 5.52. The zero-order chi connectivity index (χ0) is 11.6. The fraction of sp³-hybridized carbons (Fsp3) is 0.571. The van der Waals surface area contributed by atoms with Gasteiger partial charge in [0.25, 0.3) is 0 Å². The Morgan fingerprint density at radius 2 is 1.80 bits per heavy atom. The Kier molecular flexibility index (Phi) is 3.56. The topological polar surface area (TPSA) is 20.2 Å². The normalized spacial score (nSPS) is 14.0. The van der Waals surface area contributed by atoms with Crippen molar-refractivity contribution in [3.63, 3.8) is 0 Å². The minimum Gasteiger partial charge on any atom is -0.392 e. The fourth-order valence-electron chi connectivity index (χ4n) is 1.53. The molecule has 1 atom stereocenters. The number of aryl methyl sites for hydroxylation is 2. The van der Waals surface area contributed by atoms with Crippen molar-refractivity contribution in [2.45, 2.75) is 47.1 Å². The first-order valence-electron chi connectivity index (χ1n) is 5.55. The number of benzene rings is 1. The van der Waals surface area contributed by atoms with Crippen LogP contribution in [-0.4, -0.2) is 11.2 Å². The third kappa shape index (κ3) is 3.35. The number of aliphatic hydroxyl groups is 1. The Hall–Kier alpha value is -0.820. The SMILES string of the molecule is Cc1ccc(C)c(CC(O)C(C)(C)C)c1. The number of rotatable bonds is 2. The van der Waals surface area contributed by atoms with E-state index in [2.05, 4.69) is 52.8 Å². The van der Waals surface area contributed by atoms with Gasteiger partial charge in [-0.1, -0.05) is 44.5 Å². The largest absolute Gasteiger partial charge is 0.392 e. The average Bonchev–Trinajstić information content (AvgIpc) is 2.09. The maximum absolute atomic E-state index is 10.1. The fourth-order valence-corrected chi connectivity index (χ4v) is 1.53. The summed E-state index contributed by atoms with van der Waals surface area (Å²) in [5.41, 5.74) is 3.74. The van der Waals surface area contributed by atoms with Crippen molar-refractivity contribution in [3.8, 4) is 0 Å². The van der Waals surface area contributed by atoms with Gasteiger partial charge in [-0.3, -0.25) is 0 Å². The highest BCUT2D eigenvalue weighted by Gasteiger charge is 2.22. The van der Waals surface area contributed by atoms with Gasteiger partial charge in [-0.2, -0.15) is 0 Å². The van der Waals surface area contributed by atoms with Crippen molar-refractivity contribution < 1.29 is 5.11 Å². The van der Waals surface area contributed by atoms with Gasteiger partial charge in [0.05, 0.1) is 6.10 Å². The van der Waals surface area contributed by atoms with E-state index in [1.165, 1.54) is 16.7 Å². The zero-order valence-electron chi connectivity index (χ0n) is 10.5. The monoisotopic (exact) mass is 206 g/mol. The lowest BCUT2D eigenvalue weighted by molar-refractivity contribution is 0.0635. The predicted octanol–water partition coefficient (Wildman–Crippen LogP) is 3.25. The molecule has 1 heteroatoms. The summed E-state index contributed by atoms with van der Waals surface area (Å²) in [5.74, 6) is 0. The number of hydrogen-bond donors (Lipinski definition) is 1. The maximum atomic E-state index is 10.1. The Bertz CT molecular complexity index is 334. The van der Waals surface area contributed by atoms with Crippen molar-refractivity contribution in [2.75, 3.05) is 0 Å². The van der Waals surface area contributed by atoms with Gasteiger partial charge in [-0.15, -0.1) is 0 Å². The van der Waals surface area contributed by atoms with Gasteiger partial charge in [0.2, 0.25) is 0 Å². The summed E-state index contributed by atoms with van der Waals surface area (Å²) in [6.45, 7) is 10.4. The first kappa shape index (κ1) is 12.3. The van der Waals surface area contributed by atoms with Crippen molar-refractivity contribution in [2.24, 2.45) is 5.41 Å². The van der Waals surface area contributed by atoms with Crippen LogP contribution >= 0.6 is 0 Å². The molecule has 0 aliphatic rings. The number of aliphatic hydroxyl groups excluding tert-OH is 1. The Morgan fingerprint density at radius 1 is 1.20 bits per heavy atom. The van der Waals surface area contributed by atoms with E-state index in [0.717, 1.165) is 6.42 Å². The summed E-state index contributed by atoms with van der Waals surface area (Å²) >= 11 is 0. The van der Waals surface area contributed by atoms with Crippen molar-refractivity contribution >= 4 is 0 Å². The predicted molar refractivity (Wildman–Crippen MR) is 65.1 cm³/mol. The summed E-state index contributed by atoms with van der Waals surface area (Å²) in [4.78, 5) is 0. The van der Waals surface area contributed by atoms with E-state index >= 15 is 0 Å².